The van der Waals surface area contributed by atoms with Crippen molar-refractivity contribution in [3.05, 3.63) is 60.4 Å². The van der Waals surface area contributed by atoms with Crippen molar-refractivity contribution in [2.75, 3.05) is 25.3 Å². The Kier molecular flexibility index (Phi) is 6.03. The summed E-state index contributed by atoms with van der Waals surface area (Å²) < 4.78 is 12.6. The Labute approximate surface area is 162 Å². The summed E-state index contributed by atoms with van der Waals surface area (Å²) >= 11 is 1.36. The molecule has 0 unspecified atom stereocenters. The molecule has 0 aliphatic carbocycles. The highest BCUT2D eigenvalue weighted by atomic mass is 32.2. The van der Waals surface area contributed by atoms with E-state index in [1.807, 2.05) is 54.1 Å². The van der Waals surface area contributed by atoms with Gasteiger partial charge in [0, 0.05) is 24.1 Å². The van der Waals surface area contributed by atoms with E-state index < -0.39 is 0 Å². The van der Waals surface area contributed by atoms with E-state index in [0.29, 0.717) is 11.4 Å². The first-order valence-electron chi connectivity index (χ1n) is 8.36. The number of nitrogens with one attached hydrogen (secondary N) is 1. The van der Waals surface area contributed by atoms with Gasteiger partial charge in [0.1, 0.15) is 11.5 Å². The van der Waals surface area contributed by atoms with Crippen molar-refractivity contribution in [3.8, 4) is 17.2 Å². The minimum atomic E-state index is -0.112. The van der Waals surface area contributed by atoms with Gasteiger partial charge >= 0.3 is 0 Å². The Balaban J connectivity index is 1.70. The lowest BCUT2D eigenvalue weighted by molar-refractivity contribution is -0.113. The lowest BCUT2D eigenvalue weighted by Gasteiger charge is -2.13. The molecule has 3 aromatic rings. The van der Waals surface area contributed by atoms with E-state index in [2.05, 4.69) is 10.3 Å². The van der Waals surface area contributed by atoms with Crippen LogP contribution in [-0.4, -0.2) is 35.4 Å². The second-order valence-electron chi connectivity index (χ2n) is 5.82. The molecule has 0 bridgehead atoms. The maximum Gasteiger partial charge on any atom is 0.234 e. The van der Waals surface area contributed by atoms with Gasteiger partial charge < -0.3 is 14.8 Å². The molecule has 0 fully saturated rings. The van der Waals surface area contributed by atoms with Crippen LogP contribution in [0.1, 0.15) is 5.56 Å². The molecule has 1 N–H and O–H groups in total. The second kappa shape index (κ2) is 8.64. The average Bonchev–Trinajstić information content (AvgIpc) is 3.15. The molecule has 2 aromatic carbocycles. The Morgan fingerprint density at radius 2 is 2.04 bits per heavy atom. The number of anilines is 1. The van der Waals surface area contributed by atoms with Crippen LogP contribution in [0, 0.1) is 6.92 Å². The molecule has 140 valence electrons. The van der Waals surface area contributed by atoms with Gasteiger partial charge in [-0.05, 0) is 36.8 Å². The number of carbonyl (C=O) groups excluding carboxylic acids is 1. The molecule has 0 saturated carbocycles. The zero-order valence-electron chi connectivity index (χ0n) is 15.4. The highest BCUT2D eigenvalue weighted by Gasteiger charge is 2.13. The maximum atomic E-state index is 12.3. The van der Waals surface area contributed by atoms with Crippen molar-refractivity contribution < 1.29 is 14.3 Å². The summed E-state index contributed by atoms with van der Waals surface area (Å²) in [5.74, 6) is 1.57. The zero-order valence-corrected chi connectivity index (χ0v) is 16.2. The van der Waals surface area contributed by atoms with Gasteiger partial charge in [0.05, 0.1) is 25.7 Å². The van der Waals surface area contributed by atoms with Gasteiger partial charge in [-0.1, -0.05) is 23.9 Å². The summed E-state index contributed by atoms with van der Waals surface area (Å²) in [6.45, 7) is 2.02. The summed E-state index contributed by atoms with van der Waals surface area (Å²) in [6, 6.07) is 13.2. The SMILES string of the molecule is COc1cccc(NC(=O)CSc2nccn2-c2cc(C)ccc2OC)c1. The number of ether oxygens (including phenoxy) is 2. The molecule has 27 heavy (non-hydrogen) atoms. The van der Waals surface area contributed by atoms with Crippen LogP contribution in [0.4, 0.5) is 5.69 Å². The van der Waals surface area contributed by atoms with E-state index in [9.17, 15) is 4.79 Å². The molecule has 7 heteroatoms. The quantitative estimate of drug-likeness (QED) is 0.626. The van der Waals surface area contributed by atoms with Gasteiger partial charge in [-0.2, -0.15) is 0 Å². The van der Waals surface area contributed by atoms with Gasteiger partial charge in [0.25, 0.3) is 0 Å². The fourth-order valence-corrected chi connectivity index (χ4v) is 3.36. The van der Waals surface area contributed by atoms with Crippen LogP contribution in [0.25, 0.3) is 5.69 Å². The molecule has 3 rings (SSSR count). The summed E-state index contributed by atoms with van der Waals surface area (Å²) in [5, 5.41) is 3.59. The standard InChI is InChI=1S/C20H21N3O3S/c1-14-7-8-18(26-3)17(11-14)23-10-9-21-20(23)27-13-19(24)22-15-5-4-6-16(12-15)25-2/h4-12H,13H2,1-3H3,(H,22,24). The maximum absolute atomic E-state index is 12.3. The fourth-order valence-electron chi connectivity index (χ4n) is 2.60. The number of amides is 1. The Morgan fingerprint density at radius 1 is 1.19 bits per heavy atom. The lowest BCUT2D eigenvalue weighted by atomic mass is 10.2. The Bertz CT molecular complexity index is 940. The van der Waals surface area contributed by atoms with Crippen LogP contribution in [-0.2, 0) is 4.79 Å². The highest BCUT2D eigenvalue weighted by Crippen LogP contribution is 2.28. The smallest absolute Gasteiger partial charge is 0.234 e. The van der Waals surface area contributed by atoms with Crippen LogP contribution in [0.2, 0.25) is 0 Å². The molecule has 1 heterocycles. The van der Waals surface area contributed by atoms with E-state index in [1.54, 1.807) is 26.5 Å². The predicted octanol–water partition coefficient (Wildman–Crippen LogP) is 3.93. The predicted molar refractivity (Wildman–Crippen MR) is 107 cm³/mol. The van der Waals surface area contributed by atoms with Crippen LogP contribution in [0.3, 0.4) is 0 Å². The monoisotopic (exact) mass is 383 g/mol. The fraction of sp³-hybridized carbons (Fsp3) is 0.200. The van der Waals surface area contributed by atoms with E-state index >= 15 is 0 Å². The number of thioether (sulfide) groups is 1. The largest absolute Gasteiger partial charge is 0.497 e. The van der Waals surface area contributed by atoms with Gasteiger partial charge in [0.2, 0.25) is 5.91 Å². The molecule has 0 saturated heterocycles. The Morgan fingerprint density at radius 3 is 2.81 bits per heavy atom. The van der Waals surface area contributed by atoms with Crippen molar-refractivity contribution in [2.24, 2.45) is 0 Å². The molecule has 6 nitrogen and oxygen atoms in total. The first kappa shape index (κ1) is 18.8. The number of rotatable bonds is 7. The summed E-state index contributed by atoms with van der Waals surface area (Å²) in [6.07, 6.45) is 3.57. The van der Waals surface area contributed by atoms with Gasteiger partial charge in [-0.25, -0.2) is 4.98 Å². The van der Waals surface area contributed by atoms with Crippen molar-refractivity contribution in [2.45, 2.75) is 12.1 Å². The second-order valence-corrected chi connectivity index (χ2v) is 6.77. The van der Waals surface area contributed by atoms with Crippen LogP contribution >= 0.6 is 11.8 Å². The Hall–Kier alpha value is -2.93. The number of hydrogen-bond acceptors (Lipinski definition) is 5. The van der Waals surface area contributed by atoms with Crippen LogP contribution in [0.5, 0.6) is 11.5 Å². The first-order valence-corrected chi connectivity index (χ1v) is 9.34. The number of aromatic nitrogens is 2. The lowest BCUT2D eigenvalue weighted by Crippen LogP contribution is -2.14. The van der Waals surface area contributed by atoms with Gasteiger partial charge in [0.15, 0.2) is 5.16 Å². The molecular weight excluding hydrogens is 362 g/mol. The molecule has 1 aromatic heterocycles. The number of hydrogen-bond donors (Lipinski definition) is 1. The third-order valence-electron chi connectivity index (χ3n) is 3.89. The molecule has 0 aliphatic rings. The number of imidazole rings is 1. The number of benzene rings is 2. The van der Waals surface area contributed by atoms with E-state index in [-0.39, 0.29) is 11.7 Å². The van der Waals surface area contributed by atoms with Crippen LogP contribution < -0.4 is 14.8 Å². The van der Waals surface area contributed by atoms with Crippen molar-refractivity contribution in [3.63, 3.8) is 0 Å². The third kappa shape index (κ3) is 4.62. The van der Waals surface area contributed by atoms with E-state index in [1.165, 1.54) is 11.8 Å². The molecule has 0 spiro atoms. The highest BCUT2D eigenvalue weighted by molar-refractivity contribution is 7.99. The normalized spacial score (nSPS) is 10.5. The zero-order chi connectivity index (χ0) is 19.2. The van der Waals surface area contributed by atoms with Crippen molar-refractivity contribution in [1.82, 2.24) is 9.55 Å². The van der Waals surface area contributed by atoms with Crippen molar-refractivity contribution in [1.29, 1.82) is 0 Å². The molecular formula is C20H21N3O3S. The number of carbonyl (C=O) groups is 1. The first-order chi connectivity index (χ1) is 13.1. The van der Waals surface area contributed by atoms with Crippen LogP contribution in [0.15, 0.2) is 60.0 Å². The molecule has 1 amide bonds. The van der Waals surface area contributed by atoms with Gasteiger partial charge in [-0.3, -0.25) is 9.36 Å². The van der Waals surface area contributed by atoms with Gasteiger partial charge in [-0.15, -0.1) is 0 Å². The number of methoxy groups -OCH3 is 2. The van der Waals surface area contributed by atoms with Crippen molar-refractivity contribution >= 4 is 23.4 Å². The minimum absolute atomic E-state index is 0.112. The molecule has 0 atom stereocenters. The van der Waals surface area contributed by atoms with E-state index in [0.717, 1.165) is 22.2 Å². The average molecular weight is 383 g/mol. The third-order valence-corrected chi connectivity index (χ3v) is 4.85. The summed E-state index contributed by atoms with van der Waals surface area (Å²) in [7, 11) is 3.23. The number of nitrogens with zero attached hydrogens (tertiary/aromatic N) is 2. The minimum Gasteiger partial charge on any atom is -0.497 e. The molecule has 0 radical (unpaired) electrons. The number of aryl methyl sites for hydroxylation is 1. The van der Waals surface area contributed by atoms with E-state index in [4.69, 9.17) is 9.47 Å². The summed E-state index contributed by atoms with van der Waals surface area (Å²) in [5.41, 5.74) is 2.71. The summed E-state index contributed by atoms with van der Waals surface area (Å²) in [4.78, 5) is 16.7. The topological polar surface area (TPSA) is 65.4 Å². The molecule has 0 aliphatic heterocycles.